The minimum absolute atomic E-state index is 0.195. The van der Waals surface area contributed by atoms with Crippen molar-refractivity contribution in [1.29, 1.82) is 5.26 Å². The van der Waals surface area contributed by atoms with E-state index in [0.717, 1.165) is 16.8 Å². The molecule has 0 saturated carbocycles. The molecule has 19 heavy (non-hydrogen) atoms. The van der Waals surface area contributed by atoms with E-state index < -0.39 is 0 Å². The summed E-state index contributed by atoms with van der Waals surface area (Å²) in [5.41, 5.74) is 2.70. The van der Waals surface area contributed by atoms with E-state index in [-0.39, 0.29) is 6.85 Å². The van der Waals surface area contributed by atoms with E-state index in [1.807, 2.05) is 18.2 Å². The monoisotopic (exact) mass is 248 g/mol. The molecule has 0 aliphatic carbocycles. The smallest absolute Gasteiger partial charge is 0.374 e. The molecule has 0 spiro atoms. The summed E-state index contributed by atoms with van der Waals surface area (Å²) in [6.45, 7) is -0.195. The largest absolute Gasteiger partial charge is 0.457 e. The van der Waals surface area contributed by atoms with Gasteiger partial charge < -0.3 is 4.74 Å². The van der Waals surface area contributed by atoms with Crippen LogP contribution >= 0.6 is 0 Å². The molecule has 4 nitrogen and oxygen atoms in total. The summed E-state index contributed by atoms with van der Waals surface area (Å²) < 4.78 is 5.70. The third kappa shape index (κ3) is 2.09. The molecule has 0 fully saturated rings. The molecule has 0 bridgehead atoms. The van der Waals surface area contributed by atoms with Gasteiger partial charge in [-0.25, -0.2) is 0 Å². The van der Waals surface area contributed by atoms with Crippen molar-refractivity contribution in [2.45, 2.75) is 6.32 Å². The predicted octanol–water partition coefficient (Wildman–Crippen LogP) is 2.41. The number of ether oxygens (including phenoxy) is 1. The van der Waals surface area contributed by atoms with Crippen LogP contribution in [0.5, 0.6) is 11.5 Å². The van der Waals surface area contributed by atoms with Gasteiger partial charge in [0.2, 0.25) is 0 Å². The summed E-state index contributed by atoms with van der Waals surface area (Å²) in [6, 6.07) is 14.6. The van der Waals surface area contributed by atoms with E-state index >= 15 is 0 Å². The van der Waals surface area contributed by atoms with Crippen LogP contribution in [0.25, 0.3) is 0 Å². The van der Waals surface area contributed by atoms with Crippen molar-refractivity contribution in [3.05, 3.63) is 58.5 Å². The molecule has 3 rings (SSSR count). The number of hydrogen-bond donors (Lipinski definition) is 0. The van der Waals surface area contributed by atoms with Crippen molar-refractivity contribution in [1.82, 2.24) is 0 Å². The van der Waals surface area contributed by atoms with Gasteiger partial charge in [0, 0.05) is 0 Å². The molecule has 0 N–H and O–H groups in total. The molecule has 2 aromatic carbocycles. The third-order valence-corrected chi connectivity index (χ3v) is 3.23. The maximum Gasteiger partial charge on any atom is 0.374 e. The van der Waals surface area contributed by atoms with Crippen LogP contribution in [0.15, 0.2) is 47.6 Å². The lowest BCUT2D eigenvalue weighted by Gasteiger charge is -2.21. The topological polar surface area (TPSA) is 62.4 Å². The summed E-state index contributed by atoms with van der Waals surface area (Å²) in [5.74, 6) is 1.41. The van der Waals surface area contributed by atoms with Gasteiger partial charge in [-0.3, -0.25) is 0 Å². The molecule has 1 heterocycles. The van der Waals surface area contributed by atoms with Gasteiger partial charge in [0.05, 0.1) is 11.6 Å². The number of nitriles is 1. The van der Waals surface area contributed by atoms with Gasteiger partial charge in [-0.2, -0.15) is 10.2 Å². The minimum atomic E-state index is -0.195. The lowest BCUT2D eigenvalue weighted by atomic mass is 9.42. The SMILES string of the molecule is N#Cc1ccc(Oc2ccc3c(c2)CB3N=O)cc1. The Morgan fingerprint density at radius 3 is 2.53 bits per heavy atom. The first-order valence-electron chi connectivity index (χ1n) is 5.93. The third-order valence-electron chi connectivity index (χ3n) is 3.23. The Balaban J connectivity index is 1.78. The molecular weight excluding hydrogens is 239 g/mol. The lowest BCUT2D eigenvalue weighted by Crippen LogP contribution is -2.44. The highest BCUT2D eigenvalue weighted by Crippen LogP contribution is 2.25. The summed E-state index contributed by atoms with van der Waals surface area (Å²) in [4.78, 5) is 10.5. The number of nitrogens with zero attached hydrogens (tertiary/aromatic N) is 2. The zero-order valence-electron chi connectivity index (χ0n) is 10.0. The van der Waals surface area contributed by atoms with Crippen molar-refractivity contribution in [3.8, 4) is 17.6 Å². The fourth-order valence-corrected chi connectivity index (χ4v) is 2.16. The van der Waals surface area contributed by atoms with Gasteiger partial charge in [0.1, 0.15) is 11.5 Å². The summed E-state index contributed by atoms with van der Waals surface area (Å²) in [7, 11) is 0. The second-order valence-corrected chi connectivity index (χ2v) is 4.42. The Hall–Kier alpha value is -2.61. The van der Waals surface area contributed by atoms with E-state index in [2.05, 4.69) is 11.2 Å². The molecule has 0 atom stereocenters. The fraction of sp³-hybridized carbons (Fsp3) is 0.0714. The number of fused-ring (bicyclic) bond motifs is 1. The first-order chi connectivity index (χ1) is 9.30. The van der Waals surface area contributed by atoms with Crippen LogP contribution in [-0.2, 0) is 6.32 Å². The second kappa shape index (κ2) is 4.58. The van der Waals surface area contributed by atoms with Crippen molar-refractivity contribution >= 4 is 12.3 Å². The van der Waals surface area contributed by atoms with E-state index in [1.165, 1.54) is 0 Å². The number of hydrogen-bond acceptors (Lipinski definition) is 4. The van der Waals surface area contributed by atoms with Crippen LogP contribution in [0.1, 0.15) is 11.1 Å². The zero-order chi connectivity index (χ0) is 13.2. The van der Waals surface area contributed by atoms with Crippen molar-refractivity contribution in [2.75, 3.05) is 0 Å². The van der Waals surface area contributed by atoms with Crippen LogP contribution in [0.2, 0.25) is 0 Å². The minimum Gasteiger partial charge on any atom is -0.457 e. The standard InChI is InChI=1S/C14H9BN2O2/c16-9-10-1-3-12(4-2-10)19-13-5-6-14-11(7-13)8-15(14)17-18/h1-7H,8H2. The van der Waals surface area contributed by atoms with Crippen LogP contribution in [0, 0.1) is 16.2 Å². The Morgan fingerprint density at radius 2 is 1.89 bits per heavy atom. The molecule has 90 valence electrons. The highest BCUT2D eigenvalue weighted by molar-refractivity contribution is 6.75. The normalized spacial score (nSPS) is 12.1. The van der Waals surface area contributed by atoms with Crippen molar-refractivity contribution < 1.29 is 4.74 Å². The Labute approximate surface area is 110 Å². The zero-order valence-corrected chi connectivity index (χ0v) is 10.0. The molecule has 0 amide bonds. The van der Waals surface area contributed by atoms with Crippen molar-refractivity contribution in [3.63, 3.8) is 0 Å². The fourth-order valence-electron chi connectivity index (χ4n) is 2.16. The molecule has 0 aromatic heterocycles. The van der Waals surface area contributed by atoms with Gasteiger partial charge in [0.25, 0.3) is 0 Å². The Bertz CT molecular complexity index is 677. The summed E-state index contributed by atoms with van der Waals surface area (Å²) >= 11 is 0. The van der Waals surface area contributed by atoms with Gasteiger partial charge in [0.15, 0.2) is 0 Å². The number of nitroso groups, excluding NO2 is 1. The average Bonchev–Trinajstić information content (AvgIpc) is 2.42. The molecular formula is C14H9BN2O2. The van der Waals surface area contributed by atoms with E-state index in [1.54, 1.807) is 24.3 Å². The second-order valence-electron chi connectivity index (χ2n) is 4.42. The molecule has 2 aromatic rings. The first-order valence-corrected chi connectivity index (χ1v) is 5.93. The summed E-state index contributed by atoms with van der Waals surface area (Å²) in [6.07, 6.45) is 0.684. The van der Waals surface area contributed by atoms with Crippen LogP contribution in [0.3, 0.4) is 0 Å². The first kappa shape index (κ1) is 11.5. The molecule has 0 saturated heterocycles. The Morgan fingerprint density at radius 1 is 1.16 bits per heavy atom. The van der Waals surface area contributed by atoms with E-state index in [4.69, 9.17) is 10.00 Å². The lowest BCUT2D eigenvalue weighted by molar-refractivity contribution is 0.482. The van der Waals surface area contributed by atoms with Crippen LogP contribution < -0.4 is 10.2 Å². The predicted molar refractivity (Wildman–Crippen MR) is 72.6 cm³/mol. The molecule has 1 aliphatic rings. The highest BCUT2D eigenvalue weighted by Gasteiger charge is 2.32. The molecule has 0 radical (unpaired) electrons. The summed E-state index contributed by atoms with van der Waals surface area (Å²) in [5, 5.41) is 11.8. The van der Waals surface area contributed by atoms with Gasteiger partial charge in [-0.05, 0) is 48.2 Å². The van der Waals surface area contributed by atoms with Gasteiger partial charge in [-0.15, -0.1) is 5.09 Å². The van der Waals surface area contributed by atoms with E-state index in [0.29, 0.717) is 17.6 Å². The molecule has 5 heteroatoms. The maximum atomic E-state index is 10.5. The van der Waals surface area contributed by atoms with Gasteiger partial charge in [-0.1, -0.05) is 11.6 Å². The number of rotatable bonds is 3. The molecule has 1 aliphatic heterocycles. The number of benzene rings is 2. The Kier molecular flexibility index (Phi) is 2.77. The van der Waals surface area contributed by atoms with E-state index in [9.17, 15) is 4.91 Å². The van der Waals surface area contributed by atoms with Crippen LogP contribution in [-0.4, -0.2) is 6.85 Å². The van der Waals surface area contributed by atoms with Crippen molar-refractivity contribution in [2.24, 2.45) is 5.09 Å². The highest BCUT2D eigenvalue weighted by atomic mass is 16.5. The van der Waals surface area contributed by atoms with Crippen LogP contribution in [0.4, 0.5) is 0 Å². The average molecular weight is 248 g/mol. The maximum absolute atomic E-state index is 10.5. The quantitative estimate of drug-likeness (QED) is 0.618. The molecule has 0 unspecified atom stereocenters. The van der Waals surface area contributed by atoms with Gasteiger partial charge >= 0.3 is 6.85 Å².